The van der Waals surface area contributed by atoms with Crippen molar-refractivity contribution in [2.45, 2.75) is 6.42 Å². The number of hydrogen-bond acceptors (Lipinski definition) is 3. The van der Waals surface area contributed by atoms with Crippen molar-refractivity contribution in [3.05, 3.63) is 0 Å². The SMILES string of the molecule is COCCCN(C)C(=O)N(C)CC(=O)O. The standard InChI is InChI=1S/C9H18N2O4/c1-10(5-4-6-15-3)9(14)11(2)7-8(12)13/h4-7H2,1-3H3,(H,12,13). The number of nitrogens with zero attached hydrogens (tertiary/aromatic N) is 2. The van der Waals surface area contributed by atoms with Crippen molar-refractivity contribution in [2.75, 3.05) is 40.9 Å². The molecule has 0 heterocycles. The van der Waals surface area contributed by atoms with E-state index in [2.05, 4.69) is 0 Å². The predicted octanol–water partition coefficient (Wildman–Crippen LogP) is 0.0911. The third-order valence-electron chi connectivity index (χ3n) is 1.87. The summed E-state index contributed by atoms with van der Waals surface area (Å²) < 4.78 is 4.85. The molecule has 6 heteroatoms. The van der Waals surface area contributed by atoms with Crippen molar-refractivity contribution in [3.8, 4) is 0 Å². The fourth-order valence-electron chi connectivity index (χ4n) is 1.10. The van der Waals surface area contributed by atoms with Crippen LogP contribution in [0.2, 0.25) is 0 Å². The molecular weight excluding hydrogens is 200 g/mol. The van der Waals surface area contributed by atoms with E-state index in [-0.39, 0.29) is 12.6 Å². The number of ether oxygens (including phenoxy) is 1. The number of hydrogen-bond donors (Lipinski definition) is 1. The molecule has 0 radical (unpaired) electrons. The van der Waals surface area contributed by atoms with Gasteiger partial charge in [-0.3, -0.25) is 4.79 Å². The molecule has 0 aromatic carbocycles. The van der Waals surface area contributed by atoms with Gasteiger partial charge >= 0.3 is 12.0 Å². The Bertz CT molecular complexity index is 220. The van der Waals surface area contributed by atoms with Crippen molar-refractivity contribution in [3.63, 3.8) is 0 Å². The summed E-state index contributed by atoms with van der Waals surface area (Å²) in [4.78, 5) is 24.5. The summed E-state index contributed by atoms with van der Waals surface area (Å²) in [6, 6.07) is -0.298. The van der Waals surface area contributed by atoms with Crippen LogP contribution in [0.4, 0.5) is 4.79 Å². The molecule has 0 spiro atoms. The minimum atomic E-state index is -1.02. The molecule has 6 nitrogen and oxygen atoms in total. The van der Waals surface area contributed by atoms with Crippen LogP contribution in [0.25, 0.3) is 0 Å². The Morgan fingerprint density at radius 3 is 2.33 bits per heavy atom. The number of carbonyl (C=O) groups is 2. The molecule has 15 heavy (non-hydrogen) atoms. The zero-order valence-electron chi connectivity index (χ0n) is 9.39. The molecule has 0 aromatic rings. The van der Waals surface area contributed by atoms with Gasteiger partial charge in [-0.2, -0.15) is 0 Å². The van der Waals surface area contributed by atoms with Crippen molar-refractivity contribution in [1.29, 1.82) is 0 Å². The fourth-order valence-corrected chi connectivity index (χ4v) is 1.10. The Hall–Kier alpha value is -1.30. The van der Waals surface area contributed by atoms with E-state index >= 15 is 0 Å². The van der Waals surface area contributed by atoms with Gasteiger partial charge in [0.15, 0.2) is 0 Å². The van der Waals surface area contributed by atoms with E-state index in [0.717, 1.165) is 11.3 Å². The van der Waals surface area contributed by atoms with Gasteiger partial charge in [-0.1, -0.05) is 0 Å². The monoisotopic (exact) mass is 218 g/mol. The van der Waals surface area contributed by atoms with E-state index in [9.17, 15) is 9.59 Å². The smallest absolute Gasteiger partial charge is 0.323 e. The summed E-state index contributed by atoms with van der Waals surface area (Å²) in [7, 11) is 4.69. The van der Waals surface area contributed by atoms with E-state index < -0.39 is 5.97 Å². The number of aliphatic carboxylic acids is 1. The van der Waals surface area contributed by atoms with Gasteiger partial charge < -0.3 is 19.6 Å². The first-order valence-corrected chi connectivity index (χ1v) is 4.66. The number of methoxy groups -OCH3 is 1. The van der Waals surface area contributed by atoms with Crippen LogP contribution in [-0.2, 0) is 9.53 Å². The summed E-state index contributed by atoms with van der Waals surface area (Å²) >= 11 is 0. The molecule has 0 bridgehead atoms. The van der Waals surface area contributed by atoms with Crippen LogP contribution < -0.4 is 0 Å². The lowest BCUT2D eigenvalue weighted by atomic mass is 10.4. The summed E-state index contributed by atoms with van der Waals surface area (Å²) in [6.07, 6.45) is 0.736. The van der Waals surface area contributed by atoms with Crippen molar-refractivity contribution in [1.82, 2.24) is 9.80 Å². The summed E-state index contributed by atoms with van der Waals surface area (Å²) in [5, 5.41) is 8.50. The lowest BCUT2D eigenvalue weighted by Crippen LogP contribution is -2.41. The molecule has 1 N–H and O–H groups in total. The molecule has 0 rings (SSSR count). The van der Waals surface area contributed by atoms with Gasteiger partial charge in [-0.15, -0.1) is 0 Å². The van der Waals surface area contributed by atoms with Crippen LogP contribution in [-0.4, -0.2) is 67.8 Å². The molecule has 0 saturated carbocycles. The predicted molar refractivity (Wildman–Crippen MR) is 54.8 cm³/mol. The maximum Gasteiger partial charge on any atom is 0.323 e. The highest BCUT2D eigenvalue weighted by Crippen LogP contribution is 1.95. The molecule has 0 aliphatic heterocycles. The van der Waals surface area contributed by atoms with Crippen LogP contribution in [0.3, 0.4) is 0 Å². The molecule has 0 atom stereocenters. The Kier molecular flexibility index (Phi) is 6.44. The van der Waals surface area contributed by atoms with Crippen LogP contribution in [0.5, 0.6) is 0 Å². The molecule has 2 amide bonds. The molecule has 0 saturated heterocycles. The van der Waals surface area contributed by atoms with Gasteiger partial charge in [0.1, 0.15) is 6.54 Å². The first kappa shape index (κ1) is 13.7. The van der Waals surface area contributed by atoms with Gasteiger partial charge in [-0.05, 0) is 6.42 Å². The van der Waals surface area contributed by atoms with Gasteiger partial charge in [0.05, 0.1) is 0 Å². The molecule has 88 valence electrons. The molecule has 0 unspecified atom stereocenters. The van der Waals surface area contributed by atoms with Crippen molar-refractivity contribution in [2.24, 2.45) is 0 Å². The number of carbonyl (C=O) groups excluding carboxylic acids is 1. The quantitative estimate of drug-likeness (QED) is 0.641. The Balaban J connectivity index is 3.90. The van der Waals surface area contributed by atoms with Crippen LogP contribution in [0.1, 0.15) is 6.42 Å². The number of likely N-dealkylation sites (N-methyl/N-ethyl adjacent to an activating group) is 1. The molecule has 0 fully saturated rings. The van der Waals surface area contributed by atoms with Gasteiger partial charge in [0.2, 0.25) is 0 Å². The van der Waals surface area contributed by atoms with Gasteiger partial charge in [-0.25, -0.2) is 4.79 Å². The number of amides is 2. The lowest BCUT2D eigenvalue weighted by Gasteiger charge is -2.23. The fraction of sp³-hybridized carbons (Fsp3) is 0.778. The van der Waals surface area contributed by atoms with Crippen LogP contribution >= 0.6 is 0 Å². The molecule has 0 aliphatic rings. The Labute approximate surface area is 89.4 Å². The van der Waals surface area contributed by atoms with Crippen LogP contribution in [0.15, 0.2) is 0 Å². The average molecular weight is 218 g/mol. The van der Waals surface area contributed by atoms with E-state index in [4.69, 9.17) is 9.84 Å². The average Bonchev–Trinajstić information content (AvgIpc) is 2.15. The van der Waals surface area contributed by atoms with Crippen molar-refractivity contribution >= 4 is 12.0 Å². The third kappa shape index (κ3) is 5.90. The number of carboxylic acid groups (broad SMARTS) is 1. The lowest BCUT2D eigenvalue weighted by molar-refractivity contribution is -0.137. The normalized spacial score (nSPS) is 9.80. The van der Waals surface area contributed by atoms with E-state index in [0.29, 0.717) is 13.2 Å². The summed E-state index contributed by atoms with van der Waals surface area (Å²) in [5.74, 6) is -1.02. The Morgan fingerprint density at radius 1 is 1.27 bits per heavy atom. The van der Waals surface area contributed by atoms with Gasteiger partial charge in [0.25, 0.3) is 0 Å². The highest BCUT2D eigenvalue weighted by Gasteiger charge is 2.15. The van der Waals surface area contributed by atoms with E-state index in [1.54, 1.807) is 14.2 Å². The number of carboxylic acids is 1. The number of urea groups is 1. The summed E-state index contributed by atoms with van der Waals surface area (Å²) in [6.45, 7) is 0.852. The highest BCUT2D eigenvalue weighted by molar-refractivity contribution is 5.79. The topological polar surface area (TPSA) is 70.1 Å². The van der Waals surface area contributed by atoms with Crippen LogP contribution in [0, 0.1) is 0 Å². The minimum absolute atomic E-state index is 0.284. The zero-order valence-corrected chi connectivity index (χ0v) is 9.39. The largest absolute Gasteiger partial charge is 0.480 e. The van der Waals surface area contributed by atoms with Crippen molar-refractivity contribution < 1.29 is 19.4 Å². The first-order valence-electron chi connectivity index (χ1n) is 4.66. The zero-order chi connectivity index (χ0) is 11.8. The second-order valence-electron chi connectivity index (χ2n) is 3.30. The maximum absolute atomic E-state index is 11.5. The molecule has 0 aliphatic carbocycles. The van der Waals surface area contributed by atoms with E-state index in [1.165, 1.54) is 11.9 Å². The maximum atomic E-state index is 11.5. The van der Waals surface area contributed by atoms with E-state index in [1.807, 2.05) is 0 Å². The second-order valence-corrected chi connectivity index (χ2v) is 3.30. The second kappa shape index (κ2) is 7.05. The first-order chi connectivity index (χ1) is 6.99. The minimum Gasteiger partial charge on any atom is -0.480 e. The van der Waals surface area contributed by atoms with Gasteiger partial charge in [0, 0.05) is 34.4 Å². The molecular formula is C9H18N2O4. The third-order valence-corrected chi connectivity index (χ3v) is 1.87. The Morgan fingerprint density at radius 2 is 1.87 bits per heavy atom. The number of rotatable bonds is 6. The molecule has 0 aromatic heterocycles. The highest BCUT2D eigenvalue weighted by atomic mass is 16.5. The summed E-state index contributed by atoms with van der Waals surface area (Å²) in [5.41, 5.74) is 0.